The number of aliphatic hydroxyl groups excluding tert-OH is 1. The van der Waals surface area contributed by atoms with Crippen molar-refractivity contribution in [2.45, 2.75) is 26.2 Å². The largest absolute Gasteiger partial charge is 0.392 e. The highest BCUT2D eigenvalue weighted by Gasteiger charge is 2.33. The van der Waals surface area contributed by atoms with Crippen LogP contribution in [0, 0.1) is 17.8 Å². The van der Waals surface area contributed by atoms with Crippen molar-refractivity contribution in [2.24, 2.45) is 17.8 Å². The van der Waals surface area contributed by atoms with Gasteiger partial charge in [0.1, 0.15) is 0 Å². The summed E-state index contributed by atoms with van der Waals surface area (Å²) in [4.78, 5) is 0. The lowest BCUT2D eigenvalue weighted by Gasteiger charge is -2.35. The van der Waals surface area contributed by atoms with Crippen molar-refractivity contribution < 1.29 is 14.6 Å². The molecule has 1 aliphatic carbocycles. The first-order valence-corrected chi connectivity index (χ1v) is 9.34. The molecule has 0 radical (unpaired) electrons. The van der Waals surface area contributed by atoms with E-state index >= 15 is 0 Å². The molecule has 0 bridgehead atoms. The van der Waals surface area contributed by atoms with Crippen LogP contribution in [-0.2, 0) is 22.7 Å². The molecule has 4 atom stereocenters. The van der Waals surface area contributed by atoms with Gasteiger partial charge in [-0.15, -0.1) is 0 Å². The van der Waals surface area contributed by atoms with Crippen molar-refractivity contribution in [1.82, 2.24) is 0 Å². The molecule has 0 aliphatic heterocycles. The second-order valence-corrected chi connectivity index (χ2v) is 7.06. The highest BCUT2D eigenvalue weighted by atomic mass is 16.5. The molecule has 138 valence electrons. The molecule has 3 rings (SSSR count). The Hall–Kier alpha value is -1.94. The molecule has 0 spiro atoms. The molecular weight excluding hydrogens is 324 g/mol. The van der Waals surface area contributed by atoms with E-state index in [0.717, 1.165) is 11.1 Å². The second-order valence-electron chi connectivity index (χ2n) is 7.06. The van der Waals surface area contributed by atoms with Gasteiger partial charge in [0.2, 0.25) is 0 Å². The van der Waals surface area contributed by atoms with Crippen LogP contribution in [0.25, 0.3) is 0 Å². The summed E-state index contributed by atoms with van der Waals surface area (Å²) in [6, 6.07) is 20.3. The third-order valence-corrected chi connectivity index (χ3v) is 5.03. The minimum atomic E-state index is -0.402. The summed E-state index contributed by atoms with van der Waals surface area (Å²) in [5.41, 5.74) is 2.32. The van der Waals surface area contributed by atoms with E-state index in [1.165, 1.54) is 0 Å². The van der Waals surface area contributed by atoms with Crippen LogP contribution in [0.4, 0.5) is 0 Å². The summed E-state index contributed by atoms with van der Waals surface area (Å²) in [7, 11) is 0. The lowest BCUT2D eigenvalue weighted by Crippen LogP contribution is -2.39. The van der Waals surface area contributed by atoms with E-state index < -0.39 is 6.10 Å². The molecule has 3 heteroatoms. The minimum absolute atomic E-state index is 0.0504. The summed E-state index contributed by atoms with van der Waals surface area (Å²) in [6.07, 6.45) is 3.87. The van der Waals surface area contributed by atoms with Crippen molar-refractivity contribution in [1.29, 1.82) is 0 Å². The second kappa shape index (κ2) is 9.67. The molecule has 0 saturated heterocycles. The van der Waals surface area contributed by atoms with E-state index in [2.05, 4.69) is 36.4 Å². The van der Waals surface area contributed by atoms with Gasteiger partial charge in [-0.25, -0.2) is 0 Å². The standard InChI is InChI=1S/C23H28O3/c1-18-12-13-21(16-25-14-19-8-4-2-5-9-19)22(23(18)24)17-26-15-20-10-6-3-7-11-20/h2-13,18,21-24H,14-17H2,1H3/t18-,21-,22+,23-/m1/s1. The average Bonchev–Trinajstić information content (AvgIpc) is 2.68. The van der Waals surface area contributed by atoms with Crippen LogP contribution in [0.1, 0.15) is 18.1 Å². The predicted molar refractivity (Wildman–Crippen MR) is 103 cm³/mol. The summed E-state index contributed by atoms with van der Waals surface area (Å²) in [6.45, 7) is 4.33. The number of hydrogen-bond donors (Lipinski definition) is 1. The molecular formula is C23H28O3. The molecule has 3 nitrogen and oxygen atoms in total. The third-order valence-electron chi connectivity index (χ3n) is 5.03. The lowest BCUT2D eigenvalue weighted by molar-refractivity contribution is -0.0384. The molecule has 2 aromatic rings. The fourth-order valence-electron chi connectivity index (χ4n) is 3.39. The minimum Gasteiger partial charge on any atom is -0.392 e. The van der Waals surface area contributed by atoms with Crippen LogP contribution in [0.2, 0.25) is 0 Å². The summed E-state index contributed by atoms with van der Waals surface area (Å²) in [5, 5.41) is 10.6. The quantitative estimate of drug-likeness (QED) is 0.723. The van der Waals surface area contributed by atoms with Gasteiger partial charge in [0.25, 0.3) is 0 Å². The van der Waals surface area contributed by atoms with E-state index in [-0.39, 0.29) is 17.8 Å². The van der Waals surface area contributed by atoms with Gasteiger partial charge in [-0.05, 0) is 11.1 Å². The van der Waals surface area contributed by atoms with Crippen molar-refractivity contribution in [3.8, 4) is 0 Å². The highest BCUT2D eigenvalue weighted by Crippen LogP contribution is 2.30. The Kier molecular flexibility index (Phi) is 7.01. The molecule has 26 heavy (non-hydrogen) atoms. The van der Waals surface area contributed by atoms with Crippen molar-refractivity contribution in [3.63, 3.8) is 0 Å². The van der Waals surface area contributed by atoms with Crippen molar-refractivity contribution >= 4 is 0 Å². The zero-order valence-corrected chi connectivity index (χ0v) is 15.3. The van der Waals surface area contributed by atoms with E-state index in [9.17, 15) is 5.11 Å². The summed E-state index contributed by atoms with van der Waals surface area (Å²) in [5.74, 6) is 0.362. The van der Waals surface area contributed by atoms with Crippen LogP contribution in [0.5, 0.6) is 0 Å². The predicted octanol–water partition coefficient (Wildman–Crippen LogP) is 4.22. The maximum atomic E-state index is 10.6. The van der Waals surface area contributed by atoms with Gasteiger partial charge < -0.3 is 14.6 Å². The molecule has 1 N–H and O–H groups in total. The van der Waals surface area contributed by atoms with E-state index in [1.54, 1.807) is 0 Å². The smallest absolute Gasteiger partial charge is 0.0717 e. The molecule has 0 fully saturated rings. The molecule has 0 heterocycles. The van der Waals surface area contributed by atoms with E-state index in [4.69, 9.17) is 9.47 Å². The average molecular weight is 352 g/mol. The van der Waals surface area contributed by atoms with Crippen LogP contribution >= 0.6 is 0 Å². The van der Waals surface area contributed by atoms with E-state index in [0.29, 0.717) is 26.4 Å². The summed E-state index contributed by atoms with van der Waals surface area (Å²) < 4.78 is 11.8. The highest BCUT2D eigenvalue weighted by molar-refractivity contribution is 5.14. The van der Waals surface area contributed by atoms with Gasteiger partial charge in [-0.3, -0.25) is 0 Å². The first-order valence-electron chi connectivity index (χ1n) is 9.34. The Morgan fingerprint density at radius 1 is 0.769 bits per heavy atom. The Balaban J connectivity index is 1.52. The Bertz CT molecular complexity index is 668. The van der Waals surface area contributed by atoms with Crippen LogP contribution in [0.3, 0.4) is 0 Å². The van der Waals surface area contributed by atoms with Gasteiger partial charge in [0.15, 0.2) is 0 Å². The van der Waals surface area contributed by atoms with Crippen LogP contribution < -0.4 is 0 Å². The molecule has 0 amide bonds. The molecule has 0 unspecified atom stereocenters. The number of hydrogen-bond acceptors (Lipinski definition) is 3. The Labute approximate surface area is 156 Å². The molecule has 0 saturated carbocycles. The monoisotopic (exact) mass is 352 g/mol. The fraction of sp³-hybridized carbons (Fsp3) is 0.391. The zero-order chi connectivity index (χ0) is 18.2. The topological polar surface area (TPSA) is 38.7 Å². The molecule has 0 aromatic heterocycles. The summed E-state index contributed by atoms with van der Waals surface area (Å²) >= 11 is 0. The maximum Gasteiger partial charge on any atom is 0.0717 e. The molecule has 2 aromatic carbocycles. The van der Waals surface area contributed by atoms with Gasteiger partial charge in [-0.1, -0.05) is 79.7 Å². The fourth-order valence-corrected chi connectivity index (χ4v) is 3.39. The number of ether oxygens (including phenoxy) is 2. The Morgan fingerprint density at radius 2 is 1.31 bits per heavy atom. The number of benzene rings is 2. The van der Waals surface area contributed by atoms with Gasteiger partial charge in [-0.2, -0.15) is 0 Å². The van der Waals surface area contributed by atoms with Crippen molar-refractivity contribution in [3.05, 3.63) is 83.9 Å². The third kappa shape index (κ3) is 5.28. The SMILES string of the molecule is C[C@@H]1C=C[C@H](COCc2ccccc2)[C@H](COCc2ccccc2)[C@@H]1O. The lowest BCUT2D eigenvalue weighted by atomic mass is 9.78. The van der Waals surface area contributed by atoms with Gasteiger partial charge >= 0.3 is 0 Å². The van der Waals surface area contributed by atoms with E-state index in [1.807, 2.05) is 43.3 Å². The van der Waals surface area contributed by atoms with Gasteiger partial charge in [0, 0.05) is 17.8 Å². The molecule has 1 aliphatic rings. The first kappa shape index (κ1) is 18.8. The number of rotatable bonds is 8. The van der Waals surface area contributed by atoms with Crippen LogP contribution in [0.15, 0.2) is 72.8 Å². The Morgan fingerprint density at radius 3 is 1.88 bits per heavy atom. The van der Waals surface area contributed by atoms with Crippen molar-refractivity contribution in [2.75, 3.05) is 13.2 Å². The first-order chi connectivity index (χ1) is 12.7. The zero-order valence-electron chi connectivity index (χ0n) is 15.3. The normalized spacial score (nSPS) is 25.3. The number of aliphatic hydroxyl groups is 1. The maximum absolute atomic E-state index is 10.6. The van der Waals surface area contributed by atoms with Gasteiger partial charge in [0.05, 0.1) is 32.5 Å². The van der Waals surface area contributed by atoms with Crippen LogP contribution in [-0.4, -0.2) is 24.4 Å².